The second kappa shape index (κ2) is 8.76. The molecule has 15 heavy (non-hydrogen) atoms. The average Bonchev–Trinajstić information content (AvgIpc) is 2.28. The molecule has 0 radical (unpaired) electrons. The molecular weight excluding hydrogens is 294 g/mol. The molecule has 0 aromatic carbocycles. The van der Waals surface area contributed by atoms with Crippen molar-refractivity contribution in [2.24, 2.45) is 0 Å². The topological polar surface area (TPSA) is 29.1 Å². The van der Waals surface area contributed by atoms with E-state index in [0.29, 0.717) is 11.7 Å². The number of hydrogen-bond acceptors (Lipinski definition) is 3. The summed E-state index contributed by atoms with van der Waals surface area (Å²) < 4.78 is 0. The molecule has 1 unspecified atom stereocenters. The van der Waals surface area contributed by atoms with Crippen LogP contribution in [0.4, 0.5) is 0 Å². The number of unbranched alkanes of at least 4 members (excludes halogenated alkanes) is 1. The van der Waals surface area contributed by atoms with Crippen molar-refractivity contribution < 1.29 is 4.79 Å². The van der Waals surface area contributed by atoms with Gasteiger partial charge >= 0.3 is 0 Å². The summed E-state index contributed by atoms with van der Waals surface area (Å²) >= 11 is 7.35. The van der Waals surface area contributed by atoms with Crippen LogP contribution in [-0.4, -0.2) is 40.3 Å². The van der Waals surface area contributed by atoms with E-state index in [1.807, 2.05) is 23.5 Å². The van der Waals surface area contributed by atoms with Crippen LogP contribution in [0.5, 0.6) is 0 Å². The Morgan fingerprint density at radius 1 is 1.40 bits per heavy atom. The van der Waals surface area contributed by atoms with E-state index in [0.717, 1.165) is 24.7 Å². The molecule has 2 nitrogen and oxygen atoms in total. The number of nitrogens with one attached hydrogen (secondary N) is 1. The van der Waals surface area contributed by atoms with Gasteiger partial charge in [-0.1, -0.05) is 15.9 Å². The SMILES string of the molecule is O=C(CCCCBr)NCC1CSCCS1. The maximum absolute atomic E-state index is 11.4. The Bertz CT molecular complexity index is 186. The monoisotopic (exact) mass is 311 g/mol. The Morgan fingerprint density at radius 2 is 2.27 bits per heavy atom. The van der Waals surface area contributed by atoms with E-state index in [9.17, 15) is 4.79 Å². The minimum Gasteiger partial charge on any atom is -0.355 e. The Kier molecular flexibility index (Phi) is 8.01. The number of alkyl halides is 1. The summed E-state index contributed by atoms with van der Waals surface area (Å²) in [5.74, 6) is 3.90. The molecule has 1 saturated heterocycles. The van der Waals surface area contributed by atoms with Crippen molar-refractivity contribution in [3.05, 3.63) is 0 Å². The van der Waals surface area contributed by atoms with Gasteiger partial charge < -0.3 is 5.32 Å². The zero-order chi connectivity index (χ0) is 10.9. The summed E-state index contributed by atoms with van der Waals surface area (Å²) in [6.07, 6.45) is 2.75. The molecule has 1 rings (SSSR count). The molecule has 1 fully saturated rings. The van der Waals surface area contributed by atoms with Crippen LogP contribution in [0.25, 0.3) is 0 Å². The lowest BCUT2D eigenvalue weighted by Crippen LogP contribution is -2.33. The standard InChI is InChI=1S/C10H18BrNOS2/c11-4-2-1-3-10(13)12-7-9-8-14-5-6-15-9/h9H,1-8H2,(H,12,13). The van der Waals surface area contributed by atoms with Gasteiger partial charge in [-0.15, -0.1) is 0 Å². The van der Waals surface area contributed by atoms with Crippen LogP contribution in [0.15, 0.2) is 0 Å². The quantitative estimate of drug-likeness (QED) is 0.603. The molecule has 0 aliphatic carbocycles. The van der Waals surface area contributed by atoms with Crippen molar-refractivity contribution in [2.75, 3.05) is 29.1 Å². The molecule has 0 bridgehead atoms. The summed E-state index contributed by atoms with van der Waals surface area (Å²) in [6.45, 7) is 0.852. The second-order valence-corrected chi connectivity index (χ2v) is 6.87. The summed E-state index contributed by atoms with van der Waals surface area (Å²) in [6, 6.07) is 0. The number of carbonyl (C=O) groups is 1. The minimum atomic E-state index is 0.215. The predicted octanol–water partition coefficient (Wildman–Crippen LogP) is 2.52. The highest BCUT2D eigenvalue weighted by Crippen LogP contribution is 2.23. The van der Waals surface area contributed by atoms with E-state index < -0.39 is 0 Å². The maximum atomic E-state index is 11.4. The molecule has 1 atom stereocenters. The third-order valence-corrected chi connectivity index (χ3v) is 5.60. The first-order valence-corrected chi connectivity index (χ1v) is 8.67. The highest BCUT2D eigenvalue weighted by Gasteiger charge is 2.14. The number of hydrogen-bond donors (Lipinski definition) is 1. The van der Waals surface area contributed by atoms with Gasteiger partial charge in [-0.25, -0.2) is 0 Å². The number of halogens is 1. The first-order chi connectivity index (χ1) is 7.33. The van der Waals surface area contributed by atoms with Gasteiger partial charge in [0.1, 0.15) is 0 Å². The van der Waals surface area contributed by atoms with Crippen molar-refractivity contribution in [3.8, 4) is 0 Å². The van der Waals surface area contributed by atoms with Crippen molar-refractivity contribution >= 4 is 45.4 Å². The summed E-state index contributed by atoms with van der Waals surface area (Å²) in [4.78, 5) is 11.4. The fourth-order valence-corrected chi connectivity index (χ4v) is 4.36. The Balaban J connectivity index is 2.00. The van der Waals surface area contributed by atoms with E-state index in [-0.39, 0.29) is 5.91 Å². The van der Waals surface area contributed by atoms with Crippen molar-refractivity contribution in [2.45, 2.75) is 24.5 Å². The molecule has 1 heterocycles. The van der Waals surface area contributed by atoms with Crippen LogP contribution < -0.4 is 5.32 Å². The third-order valence-electron chi connectivity index (χ3n) is 2.20. The average molecular weight is 312 g/mol. The largest absolute Gasteiger partial charge is 0.355 e. The highest BCUT2D eigenvalue weighted by molar-refractivity contribution is 9.09. The van der Waals surface area contributed by atoms with Crippen LogP contribution in [-0.2, 0) is 4.79 Å². The molecule has 0 aromatic heterocycles. The second-order valence-electron chi connectivity index (χ2n) is 3.52. The molecule has 5 heteroatoms. The zero-order valence-corrected chi connectivity index (χ0v) is 12.1. The molecule has 1 aliphatic heterocycles. The van der Waals surface area contributed by atoms with Gasteiger partial charge in [0.05, 0.1) is 0 Å². The van der Waals surface area contributed by atoms with Gasteiger partial charge in [0, 0.05) is 40.8 Å². The van der Waals surface area contributed by atoms with Gasteiger partial charge in [0.25, 0.3) is 0 Å². The van der Waals surface area contributed by atoms with Crippen LogP contribution >= 0.6 is 39.5 Å². The Hall–Kier alpha value is 0.650. The number of amides is 1. The summed E-state index contributed by atoms with van der Waals surface area (Å²) in [7, 11) is 0. The molecule has 1 amide bonds. The molecule has 1 N–H and O–H groups in total. The summed E-state index contributed by atoms with van der Waals surface area (Å²) in [5, 5.41) is 4.65. The molecule has 0 aromatic rings. The fourth-order valence-electron chi connectivity index (χ4n) is 1.35. The molecule has 0 spiro atoms. The van der Waals surface area contributed by atoms with E-state index in [2.05, 4.69) is 21.2 Å². The van der Waals surface area contributed by atoms with Gasteiger partial charge in [-0.3, -0.25) is 4.79 Å². The maximum Gasteiger partial charge on any atom is 0.220 e. The minimum absolute atomic E-state index is 0.215. The predicted molar refractivity (Wildman–Crippen MR) is 74.2 cm³/mol. The Morgan fingerprint density at radius 3 is 2.93 bits per heavy atom. The lowest BCUT2D eigenvalue weighted by molar-refractivity contribution is -0.121. The number of thioether (sulfide) groups is 2. The number of rotatable bonds is 6. The van der Waals surface area contributed by atoms with Crippen LogP contribution in [0, 0.1) is 0 Å². The molecule has 88 valence electrons. The van der Waals surface area contributed by atoms with Gasteiger partial charge in [-0.05, 0) is 12.8 Å². The summed E-state index contributed by atoms with van der Waals surface area (Å²) in [5.41, 5.74) is 0. The first kappa shape index (κ1) is 13.7. The van der Waals surface area contributed by atoms with E-state index >= 15 is 0 Å². The zero-order valence-electron chi connectivity index (χ0n) is 8.84. The highest BCUT2D eigenvalue weighted by atomic mass is 79.9. The fraction of sp³-hybridized carbons (Fsp3) is 0.900. The lowest BCUT2D eigenvalue weighted by Gasteiger charge is -2.21. The van der Waals surface area contributed by atoms with Gasteiger partial charge in [-0.2, -0.15) is 23.5 Å². The van der Waals surface area contributed by atoms with Crippen molar-refractivity contribution in [1.29, 1.82) is 0 Å². The van der Waals surface area contributed by atoms with Gasteiger partial charge in [0.2, 0.25) is 5.91 Å². The lowest BCUT2D eigenvalue weighted by atomic mass is 10.2. The van der Waals surface area contributed by atoms with Crippen molar-refractivity contribution in [3.63, 3.8) is 0 Å². The molecular formula is C10H18BrNOS2. The molecule has 1 aliphatic rings. The van der Waals surface area contributed by atoms with E-state index in [1.165, 1.54) is 17.3 Å². The van der Waals surface area contributed by atoms with E-state index in [1.54, 1.807) is 0 Å². The van der Waals surface area contributed by atoms with Crippen LogP contribution in [0.3, 0.4) is 0 Å². The Labute approximate surface area is 109 Å². The number of carbonyl (C=O) groups excluding carboxylic acids is 1. The third kappa shape index (κ3) is 6.74. The van der Waals surface area contributed by atoms with Gasteiger partial charge in [0.15, 0.2) is 0 Å². The van der Waals surface area contributed by atoms with E-state index in [4.69, 9.17) is 0 Å². The van der Waals surface area contributed by atoms with Crippen LogP contribution in [0.2, 0.25) is 0 Å². The first-order valence-electron chi connectivity index (χ1n) is 5.35. The molecule has 0 saturated carbocycles. The van der Waals surface area contributed by atoms with Crippen LogP contribution in [0.1, 0.15) is 19.3 Å². The smallest absolute Gasteiger partial charge is 0.220 e. The normalized spacial score (nSPS) is 21.3. The van der Waals surface area contributed by atoms with Crippen molar-refractivity contribution in [1.82, 2.24) is 5.32 Å².